The lowest BCUT2D eigenvalue weighted by atomic mass is 9.73. The van der Waals surface area contributed by atoms with Gasteiger partial charge >= 0.3 is 0 Å². The second-order valence-corrected chi connectivity index (χ2v) is 37.9. The summed E-state index contributed by atoms with van der Waals surface area (Å²) in [5, 5.41) is 2.36. The normalized spacial score (nSPS) is 15.7. The maximum absolute atomic E-state index is 6.46. The van der Waals surface area contributed by atoms with E-state index in [9.17, 15) is 0 Å². The first-order chi connectivity index (χ1) is 44.9. The van der Waals surface area contributed by atoms with Crippen LogP contribution in [0.3, 0.4) is 0 Å². The van der Waals surface area contributed by atoms with Gasteiger partial charge in [-0.2, -0.15) is 0 Å². The summed E-state index contributed by atoms with van der Waals surface area (Å²) in [5.41, 5.74) is 30.4. The van der Waals surface area contributed by atoms with Crippen molar-refractivity contribution in [1.29, 1.82) is 0 Å². The van der Waals surface area contributed by atoms with Crippen molar-refractivity contribution < 1.29 is 9.47 Å². The Labute approximate surface area is 595 Å². The lowest BCUT2D eigenvalue weighted by Crippen LogP contribution is -2.21. The quantitative estimate of drug-likeness (QED) is 0.122. The number of rotatable bonds is 12. The molecule has 4 atom stereocenters. The molecule has 0 fully saturated rings. The molecule has 8 aromatic rings. The molecule has 0 saturated carbocycles. The summed E-state index contributed by atoms with van der Waals surface area (Å²) in [4.78, 5) is 12.9. The molecule has 0 N–H and O–H groups in total. The summed E-state index contributed by atoms with van der Waals surface area (Å²) in [6.45, 7) is 75.2. The number of aliphatic imine (C=N–C) groups is 2. The molecule has 98 heavy (non-hydrogen) atoms. The van der Waals surface area contributed by atoms with E-state index in [1.54, 1.807) is 0 Å². The van der Waals surface area contributed by atoms with Gasteiger partial charge in [0.25, 0.3) is 0 Å². The van der Waals surface area contributed by atoms with Crippen molar-refractivity contribution in [3.63, 3.8) is 0 Å². The van der Waals surface area contributed by atoms with Gasteiger partial charge in [-0.3, -0.25) is 0 Å². The van der Waals surface area contributed by atoms with Crippen LogP contribution in [0.25, 0.3) is 10.8 Å². The zero-order valence-electron chi connectivity index (χ0n) is 67.4. The summed E-state index contributed by atoms with van der Waals surface area (Å²) >= 11 is 0. The van der Waals surface area contributed by atoms with E-state index in [1.165, 1.54) is 122 Å². The zero-order chi connectivity index (χ0) is 73.2. The van der Waals surface area contributed by atoms with E-state index in [0.29, 0.717) is 0 Å². The van der Waals surface area contributed by atoms with Gasteiger partial charge in [-0.05, 0) is 154 Å². The monoisotopic (exact) mass is 1310 g/mol. The van der Waals surface area contributed by atoms with Gasteiger partial charge in [-0.25, -0.2) is 9.98 Å². The van der Waals surface area contributed by atoms with Crippen LogP contribution in [0.5, 0.6) is 11.5 Å². The number of hydrogen-bond donors (Lipinski definition) is 0. The molecule has 0 unspecified atom stereocenters. The van der Waals surface area contributed by atoms with Crippen LogP contribution >= 0.6 is 0 Å². The van der Waals surface area contributed by atoms with Gasteiger partial charge in [0.15, 0.2) is 0 Å². The second kappa shape index (κ2) is 26.2. The van der Waals surface area contributed by atoms with E-state index in [2.05, 4.69) is 331 Å². The lowest BCUT2D eigenvalue weighted by Gasteiger charge is -2.32. The third-order valence-corrected chi connectivity index (χ3v) is 21.5. The maximum Gasteiger partial charge on any atom is 0.126 e. The zero-order valence-corrected chi connectivity index (χ0v) is 67.4. The van der Waals surface area contributed by atoms with Gasteiger partial charge in [0.1, 0.15) is 11.5 Å². The van der Waals surface area contributed by atoms with Crippen LogP contribution in [0.1, 0.15) is 340 Å². The van der Waals surface area contributed by atoms with Crippen molar-refractivity contribution in [3.05, 3.63) is 232 Å². The number of nitrogens with zero attached hydrogens (tertiary/aromatic N) is 2. The Kier molecular flexibility index (Phi) is 20.1. The molecule has 1 aliphatic carbocycles. The van der Waals surface area contributed by atoms with Crippen LogP contribution in [0.4, 0.5) is 11.4 Å². The molecule has 4 nitrogen and oxygen atoms in total. The van der Waals surface area contributed by atoms with Crippen LogP contribution in [-0.2, 0) is 43.3 Å². The van der Waals surface area contributed by atoms with Gasteiger partial charge in [0, 0.05) is 62.4 Å². The first kappa shape index (κ1) is 75.2. The number of methoxy groups -OCH3 is 2. The first-order valence-electron chi connectivity index (χ1n) is 36.7. The summed E-state index contributed by atoms with van der Waals surface area (Å²) in [5.74, 6) is 1.69. The van der Waals surface area contributed by atoms with Crippen molar-refractivity contribution in [1.82, 2.24) is 0 Å². The molecular weight excluding hydrogens is 1190 g/mol. The van der Waals surface area contributed by atoms with Crippen LogP contribution in [-0.4, -0.2) is 25.6 Å². The fourth-order valence-corrected chi connectivity index (χ4v) is 16.0. The predicted molar refractivity (Wildman–Crippen MR) is 427 cm³/mol. The minimum atomic E-state index is -0.199. The van der Waals surface area contributed by atoms with Crippen LogP contribution in [0.2, 0.25) is 0 Å². The maximum atomic E-state index is 6.46. The number of aryl methyl sites for hydroxylation is 2. The number of ether oxygens (including phenoxy) is 2. The number of hydrogen-bond acceptors (Lipinski definition) is 4. The van der Waals surface area contributed by atoms with Gasteiger partial charge in [0.2, 0.25) is 0 Å². The Morgan fingerprint density at radius 2 is 0.510 bits per heavy atom. The van der Waals surface area contributed by atoms with Crippen LogP contribution in [0, 0.1) is 27.7 Å². The Balaban J connectivity index is 1.48. The van der Waals surface area contributed by atoms with E-state index in [1.807, 2.05) is 14.2 Å². The highest BCUT2D eigenvalue weighted by atomic mass is 16.5. The third kappa shape index (κ3) is 14.6. The Bertz CT molecular complexity index is 4090. The molecule has 0 heterocycles. The summed E-state index contributed by atoms with van der Waals surface area (Å²) in [6.07, 6.45) is 0. The summed E-state index contributed by atoms with van der Waals surface area (Å²) < 4.78 is 12.9. The highest BCUT2D eigenvalue weighted by Gasteiger charge is 2.37. The Morgan fingerprint density at radius 1 is 0.296 bits per heavy atom. The molecule has 0 amide bonds. The molecule has 0 radical (unpaired) electrons. The van der Waals surface area contributed by atoms with Crippen molar-refractivity contribution >= 4 is 33.6 Å². The molecule has 0 aromatic heterocycles. The molecule has 8 aromatic carbocycles. The van der Waals surface area contributed by atoms with E-state index < -0.39 is 0 Å². The highest BCUT2D eigenvalue weighted by Crippen LogP contribution is 2.51. The molecule has 0 spiro atoms. The first-order valence-corrected chi connectivity index (χ1v) is 36.7. The molecule has 522 valence electrons. The van der Waals surface area contributed by atoms with Gasteiger partial charge in [-0.1, -0.05) is 314 Å². The molecule has 0 aliphatic heterocycles. The second-order valence-electron chi connectivity index (χ2n) is 37.9. The van der Waals surface area contributed by atoms with Crippen molar-refractivity contribution in [2.45, 2.75) is 289 Å². The fraction of sp³-hybridized carbons (Fsp3) is 0.489. The highest BCUT2D eigenvalue weighted by molar-refractivity contribution is 6.61. The molecule has 9 rings (SSSR count). The standard InChI is InChI=1S/C94H124N2O2/c1-53-41-68(55(3)62-45-72(87(9,10)11)59(7)73(46-62)88(12,13)14)81(69(42-53)56(4)63-47-74(89(15,16)17)60(8)75(48-63)90(18,19)20)95-83-66-39-35-37-61-38-36-40-67(80(61)66)84(83)96-82-70(57(5)64-49-76(91(21,22)23)85(97-33)77(50-64)92(24,25)26)43-54(2)44-71(82)58(6)65-51-78(93(27,28)29)86(98-34)79(52-65)94(30,31)32/h35-52,55-58H,1-34H3/t55-,56-,57-,58-/m1/s1. The lowest BCUT2D eigenvalue weighted by molar-refractivity contribution is 0.381. The van der Waals surface area contributed by atoms with Gasteiger partial charge in [-0.15, -0.1) is 0 Å². The van der Waals surface area contributed by atoms with Crippen LogP contribution < -0.4 is 9.47 Å². The SMILES string of the molecule is COc1c(C(C)(C)C)cc([C@@H](C)c2cc(C)cc([C@H](C)c3cc(C(C)(C)C)c(OC)c(C(C)(C)C)c3)c2N=C2C(=Nc3c([C@H](C)c4cc(C(C)(C)C)c(C)c(C(C)(C)C)c4)cc(C)cc3[C@H](C)c3cc(C(C)(C)C)c(C)c(C(C)(C)C)c3)c3cccc4cccc2c34)cc1C(C)(C)C. The Hall–Kier alpha value is -7.04. The molecule has 1 aliphatic rings. The average molecular weight is 1310 g/mol. The molecule has 0 bridgehead atoms. The van der Waals surface area contributed by atoms with Crippen molar-refractivity contribution in [3.8, 4) is 11.5 Å². The molecule has 0 saturated heterocycles. The molecule has 4 heteroatoms. The topological polar surface area (TPSA) is 43.2 Å². The van der Waals surface area contributed by atoms with E-state index in [4.69, 9.17) is 19.5 Å². The summed E-state index contributed by atoms with van der Waals surface area (Å²) in [6, 6.07) is 43.2. The predicted octanol–water partition coefficient (Wildman–Crippen LogP) is 26.3. The van der Waals surface area contributed by atoms with Crippen molar-refractivity contribution in [2.24, 2.45) is 9.98 Å². The fourth-order valence-electron chi connectivity index (χ4n) is 16.0. The smallest absolute Gasteiger partial charge is 0.126 e. The Morgan fingerprint density at radius 3 is 0.714 bits per heavy atom. The van der Waals surface area contributed by atoms with Crippen LogP contribution in [0.15, 0.2) is 119 Å². The van der Waals surface area contributed by atoms with Gasteiger partial charge in [0.05, 0.1) is 37.0 Å². The average Bonchev–Trinajstić information content (AvgIpc) is 1.52. The van der Waals surface area contributed by atoms with E-state index >= 15 is 0 Å². The largest absolute Gasteiger partial charge is 0.496 e. The van der Waals surface area contributed by atoms with E-state index in [-0.39, 0.29) is 67.0 Å². The van der Waals surface area contributed by atoms with Crippen molar-refractivity contribution in [2.75, 3.05) is 14.2 Å². The van der Waals surface area contributed by atoms with E-state index in [0.717, 1.165) is 45.4 Å². The van der Waals surface area contributed by atoms with Gasteiger partial charge < -0.3 is 9.47 Å². The third-order valence-electron chi connectivity index (χ3n) is 21.5. The molecular formula is C94H124N2O2. The minimum Gasteiger partial charge on any atom is -0.496 e. The number of benzene rings is 8. The minimum absolute atomic E-state index is 0.0331. The summed E-state index contributed by atoms with van der Waals surface area (Å²) in [7, 11) is 3.68.